The van der Waals surface area contributed by atoms with Gasteiger partial charge in [-0.25, -0.2) is 13.8 Å². The first-order valence-corrected chi connectivity index (χ1v) is 4.51. The molecule has 0 aliphatic heterocycles. The van der Waals surface area contributed by atoms with Crippen LogP contribution in [0, 0.1) is 0 Å². The van der Waals surface area contributed by atoms with Gasteiger partial charge in [-0.2, -0.15) is 0 Å². The summed E-state index contributed by atoms with van der Waals surface area (Å²) in [5.74, 6) is -1.63. The Morgan fingerprint density at radius 3 is 2.39 bits per heavy atom. The predicted octanol–water partition coefficient (Wildman–Crippen LogP) is 2.42. The van der Waals surface area contributed by atoms with Gasteiger partial charge in [0.2, 0.25) is 0 Å². The third-order valence-electron chi connectivity index (χ3n) is 1.88. The van der Waals surface area contributed by atoms with Crippen molar-refractivity contribution >= 4 is 0 Å². The van der Waals surface area contributed by atoms with Crippen LogP contribution in [0.5, 0.6) is 11.6 Å². The molecule has 18 heavy (non-hydrogen) atoms. The summed E-state index contributed by atoms with van der Waals surface area (Å²) in [7, 11) is 1.02. The minimum Gasteiger partial charge on any atom is -0.491 e. The van der Waals surface area contributed by atoms with Crippen LogP contribution in [0.1, 0.15) is 17.7 Å². The molecule has 0 fully saturated rings. The van der Waals surface area contributed by atoms with Crippen LogP contribution >= 0.6 is 0 Å². The number of ether oxygens (including phenoxy) is 2. The Hall–Kier alpha value is -1.64. The van der Waals surface area contributed by atoms with Crippen molar-refractivity contribution in [2.24, 2.45) is 0 Å². The van der Waals surface area contributed by atoms with Crippen molar-refractivity contribution in [2.75, 3.05) is 7.11 Å². The molecule has 0 aliphatic carbocycles. The van der Waals surface area contributed by atoms with Gasteiger partial charge in [0, 0.05) is 5.56 Å². The van der Waals surface area contributed by atoms with Crippen molar-refractivity contribution in [3.63, 3.8) is 0 Å². The molecule has 1 N–H and O–H groups in total. The van der Waals surface area contributed by atoms with Crippen molar-refractivity contribution in [1.82, 2.24) is 4.98 Å². The van der Waals surface area contributed by atoms with Crippen molar-refractivity contribution in [2.45, 2.75) is 19.4 Å². The van der Waals surface area contributed by atoms with E-state index in [-0.39, 0.29) is 5.56 Å². The topological polar surface area (TPSA) is 51.6 Å². The lowest BCUT2D eigenvalue weighted by atomic mass is 10.2. The molecule has 0 aliphatic rings. The molecule has 4 nitrogen and oxygen atoms in total. The maximum Gasteiger partial charge on any atom is 0.574 e. The van der Waals surface area contributed by atoms with Crippen LogP contribution < -0.4 is 9.47 Å². The quantitative estimate of drug-likeness (QED) is 0.856. The van der Waals surface area contributed by atoms with E-state index >= 15 is 0 Å². The summed E-state index contributed by atoms with van der Waals surface area (Å²) in [5, 5.41) is 8.82. The fraction of sp³-hybridized carbons (Fsp3) is 0.444. The molecule has 102 valence electrons. The van der Waals surface area contributed by atoms with E-state index in [1.807, 2.05) is 0 Å². The Morgan fingerprint density at radius 2 is 2.00 bits per heavy atom. The summed E-state index contributed by atoms with van der Waals surface area (Å²) < 4.78 is 69.1. The van der Waals surface area contributed by atoms with Gasteiger partial charge in [-0.15, -0.1) is 13.2 Å². The molecule has 1 rings (SSSR count). The van der Waals surface area contributed by atoms with Crippen LogP contribution in [0.15, 0.2) is 6.07 Å². The molecule has 0 bridgehead atoms. The average molecular weight is 273 g/mol. The van der Waals surface area contributed by atoms with Crippen LogP contribution in [0.2, 0.25) is 0 Å². The van der Waals surface area contributed by atoms with E-state index in [4.69, 9.17) is 5.11 Å². The van der Waals surface area contributed by atoms with Crippen LogP contribution in [-0.4, -0.2) is 23.6 Å². The van der Waals surface area contributed by atoms with Gasteiger partial charge in [0.05, 0.1) is 13.7 Å². The van der Waals surface area contributed by atoms with Gasteiger partial charge in [-0.05, 0) is 6.07 Å². The molecule has 0 aromatic carbocycles. The molecule has 1 aromatic heterocycles. The van der Waals surface area contributed by atoms with E-state index in [2.05, 4.69) is 14.5 Å². The van der Waals surface area contributed by atoms with Crippen LogP contribution in [0.25, 0.3) is 0 Å². The predicted molar refractivity (Wildman–Crippen MR) is 48.4 cm³/mol. The molecule has 0 amide bonds. The molecule has 0 saturated carbocycles. The van der Waals surface area contributed by atoms with E-state index in [1.54, 1.807) is 0 Å². The number of nitrogens with zero attached hydrogens (tertiary/aromatic N) is 1. The number of methoxy groups -OCH3 is 1. The molecule has 0 saturated heterocycles. The molecule has 1 aromatic rings. The molecule has 0 atom stereocenters. The Balaban J connectivity index is 3.27. The van der Waals surface area contributed by atoms with Crippen LogP contribution in [-0.2, 0) is 6.61 Å². The van der Waals surface area contributed by atoms with Gasteiger partial charge >= 0.3 is 6.36 Å². The van der Waals surface area contributed by atoms with E-state index < -0.39 is 36.7 Å². The molecule has 0 unspecified atom stereocenters. The highest BCUT2D eigenvalue weighted by Gasteiger charge is 2.34. The molecule has 9 heteroatoms. The standard InChI is InChI=1S/C9H8F5NO3/c1-17-5-2-4(3-16)6(7(10)11)15-8(5)18-9(12,13)14/h2,7,16H,3H2,1H3. The van der Waals surface area contributed by atoms with Crippen molar-refractivity contribution < 1.29 is 36.5 Å². The third-order valence-corrected chi connectivity index (χ3v) is 1.88. The van der Waals surface area contributed by atoms with Crippen molar-refractivity contribution in [1.29, 1.82) is 0 Å². The van der Waals surface area contributed by atoms with Crippen LogP contribution in [0.3, 0.4) is 0 Å². The summed E-state index contributed by atoms with van der Waals surface area (Å²) >= 11 is 0. The van der Waals surface area contributed by atoms with Crippen molar-refractivity contribution in [3.8, 4) is 11.6 Å². The van der Waals surface area contributed by atoms with E-state index in [9.17, 15) is 22.0 Å². The number of halogens is 5. The molecule has 0 radical (unpaired) electrons. The zero-order valence-corrected chi connectivity index (χ0v) is 8.96. The summed E-state index contributed by atoms with van der Waals surface area (Å²) in [4.78, 5) is 3.02. The molecule has 0 spiro atoms. The first kappa shape index (κ1) is 14.4. The molecular weight excluding hydrogens is 265 g/mol. The van der Waals surface area contributed by atoms with Gasteiger partial charge in [-0.1, -0.05) is 0 Å². The Morgan fingerprint density at radius 1 is 1.39 bits per heavy atom. The van der Waals surface area contributed by atoms with E-state index in [0.29, 0.717) is 0 Å². The Kier molecular flexibility index (Phi) is 4.28. The summed E-state index contributed by atoms with van der Waals surface area (Å²) in [6.07, 6.45) is -8.23. The minimum atomic E-state index is -5.08. The van der Waals surface area contributed by atoms with Crippen molar-refractivity contribution in [3.05, 3.63) is 17.3 Å². The zero-order chi connectivity index (χ0) is 13.9. The SMILES string of the molecule is COc1cc(CO)c(C(F)F)nc1OC(F)(F)F. The normalized spacial score (nSPS) is 11.8. The second kappa shape index (κ2) is 5.34. The largest absolute Gasteiger partial charge is 0.574 e. The highest BCUT2D eigenvalue weighted by molar-refractivity contribution is 5.40. The fourth-order valence-corrected chi connectivity index (χ4v) is 1.17. The average Bonchev–Trinajstić information content (AvgIpc) is 2.26. The van der Waals surface area contributed by atoms with Gasteiger partial charge in [0.1, 0.15) is 5.69 Å². The monoisotopic (exact) mass is 273 g/mol. The maximum absolute atomic E-state index is 12.5. The minimum absolute atomic E-state index is 0.337. The molecule has 1 heterocycles. The van der Waals surface area contributed by atoms with E-state index in [0.717, 1.165) is 13.2 Å². The zero-order valence-electron chi connectivity index (χ0n) is 8.96. The maximum atomic E-state index is 12.5. The lowest BCUT2D eigenvalue weighted by Crippen LogP contribution is -2.19. The second-order valence-corrected chi connectivity index (χ2v) is 3.05. The van der Waals surface area contributed by atoms with Crippen LogP contribution in [0.4, 0.5) is 22.0 Å². The fourth-order valence-electron chi connectivity index (χ4n) is 1.17. The highest BCUT2D eigenvalue weighted by atomic mass is 19.4. The second-order valence-electron chi connectivity index (χ2n) is 3.05. The smallest absolute Gasteiger partial charge is 0.491 e. The summed E-state index contributed by atoms with van der Waals surface area (Å²) in [6, 6.07) is 0.815. The Bertz CT molecular complexity index is 421. The van der Waals surface area contributed by atoms with Gasteiger partial charge in [-0.3, -0.25) is 0 Å². The summed E-state index contributed by atoms with van der Waals surface area (Å²) in [6.45, 7) is -0.810. The van der Waals surface area contributed by atoms with Gasteiger partial charge < -0.3 is 14.6 Å². The lowest BCUT2D eigenvalue weighted by Gasteiger charge is -2.14. The summed E-state index contributed by atoms with van der Waals surface area (Å²) in [5.41, 5.74) is -1.33. The number of aliphatic hydroxyl groups excluding tert-OH is 1. The number of alkyl halides is 5. The highest BCUT2D eigenvalue weighted by Crippen LogP contribution is 2.34. The number of rotatable bonds is 4. The third kappa shape index (κ3) is 3.42. The van der Waals surface area contributed by atoms with Gasteiger partial charge in [0.15, 0.2) is 5.75 Å². The lowest BCUT2D eigenvalue weighted by molar-refractivity contribution is -0.276. The number of hydrogen-bond acceptors (Lipinski definition) is 4. The Labute approximate surface area is 98.0 Å². The number of aromatic nitrogens is 1. The van der Waals surface area contributed by atoms with E-state index in [1.165, 1.54) is 0 Å². The molecular formula is C9H8F5NO3. The number of hydrogen-bond donors (Lipinski definition) is 1. The first-order valence-electron chi connectivity index (χ1n) is 4.51. The number of aliphatic hydroxyl groups is 1. The van der Waals surface area contributed by atoms with Gasteiger partial charge in [0.25, 0.3) is 12.3 Å². The first-order chi connectivity index (χ1) is 8.28. The number of pyridine rings is 1.